The van der Waals surface area contributed by atoms with E-state index >= 15 is 0 Å². The standard InChI is InChI=1S/C23H34N2O7/c1-15(24-21(28)17(3)25-22(29)32-23(4,5)6)12-20(27)31-16(2)13-19(26)30-14-18-10-8-7-9-11-18/h7-11,15-17H,12-14H2,1-6H3,(H,24,28)(H,25,29)/t15-,16+,17-/m0/s1. The highest BCUT2D eigenvalue weighted by atomic mass is 16.6. The first-order valence-electron chi connectivity index (χ1n) is 10.5. The number of hydrogen-bond acceptors (Lipinski definition) is 7. The average Bonchev–Trinajstić information content (AvgIpc) is 2.65. The van der Waals surface area contributed by atoms with Crippen molar-refractivity contribution in [1.29, 1.82) is 0 Å². The highest BCUT2D eigenvalue weighted by molar-refractivity contribution is 5.85. The van der Waals surface area contributed by atoms with E-state index in [1.165, 1.54) is 6.92 Å². The summed E-state index contributed by atoms with van der Waals surface area (Å²) in [5, 5.41) is 5.06. The van der Waals surface area contributed by atoms with E-state index in [-0.39, 0.29) is 19.4 Å². The molecule has 0 spiro atoms. The van der Waals surface area contributed by atoms with Crippen LogP contribution < -0.4 is 10.6 Å². The molecule has 2 N–H and O–H groups in total. The monoisotopic (exact) mass is 450 g/mol. The van der Waals surface area contributed by atoms with Crippen molar-refractivity contribution in [3.8, 4) is 0 Å². The third-order valence-electron chi connectivity index (χ3n) is 4.02. The van der Waals surface area contributed by atoms with E-state index in [9.17, 15) is 19.2 Å². The first-order valence-corrected chi connectivity index (χ1v) is 10.5. The minimum absolute atomic E-state index is 0.0733. The molecule has 9 nitrogen and oxygen atoms in total. The van der Waals surface area contributed by atoms with Crippen LogP contribution in [0.3, 0.4) is 0 Å². The van der Waals surface area contributed by atoms with Crippen LogP contribution in [0.2, 0.25) is 0 Å². The van der Waals surface area contributed by atoms with Gasteiger partial charge in [-0.3, -0.25) is 14.4 Å². The minimum Gasteiger partial charge on any atom is -0.462 e. The molecule has 0 unspecified atom stereocenters. The number of rotatable bonds is 10. The molecule has 0 aliphatic rings. The van der Waals surface area contributed by atoms with Gasteiger partial charge in [0.15, 0.2) is 0 Å². The van der Waals surface area contributed by atoms with Gasteiger partial charge in [-0.1, -0.05) is 30.3 Å². The van der Waals surface area contributed by atoms with E-state index < -0.39 is 47.7 Å². The van der Waals surface area contributed by atoms with E-state index in [4.69, 9.17) is 14.2 Å². The van der Waals surface area contributed by atoms with Gasteiger partial charge in [-0.2, -0.15) is 0 Å². The quantitative estimate of drug-likeness (QED) is 0.415. The summed E-state index contributed by atoms with van der Waals surface area (Å²) in [5.74, 6) is -1.50. The molecule has 0 fully saturated rings. The molecule has 32 heavy (non-hydrogen) atoms. The summed E-state index contributed by atoms with van der Waals surface area (Å²) in [6, 6.07) is 7.88. The predicted molar refractivity (Wildman–Crippen MR) is 117 cm³/mol. The lowest BCUT2D eigenvalue weighted by Crippen LogP contribution is -2.49. The molecule has 0 aromatic heterocycles. The van der Waals surface area contributed by atoms with Gasteiger partial charge in [0.2, 0.25) is 5.91 Å². The number of benzene rings is 1. The molecule has 1 rings (SSSR count). The molecule has 178 valence electrons. The third kappa shape index (κ3) is 11.9. The van der Waals surface area contributed by atoms with Crippen LogP contribution in [0, 0.1) is 0 Å². The van der Waals surface area contributed by atoms with Gasteiger partial charge in [0.05, 0.1) is 12.8 Å². The zero-order valence-corrected chi connectivity index (χ0v) is 19.6. The minimum atomic E-state index is -0.846. The first-order chi connectivity index (χ1) is 14.9. The Morgan fingerprint density at radius 3 is 2.12 bits per heavy atom. The topological polar surface area (TPSA) is 120 Å². The molecular formula is C23H34N2O7. The Hall–Kier alpha value is -3.10. The van der Waals surface area contributed by atoms with E-state index in [1.807, 2.05) is 30.3 Å². The second-order valence-corrected chi connectivity index (χ2v) is 8.63. The Kier molecular flexibility index (Phi) is 10.7. The van der Waals surface area contributed by atoms with Crippen LogP contribution in [0.5, 0.6) is 0 Å². The van der Waals surface area contributed by atoms with E-state index in [1.54, 1.807) is 34.6 Å². The first kappa shape index (κ1) is 26.9. The molecule has 0 saturated carbocycles. The van der Waals surface area contributed by atoms with E-state index in [0.717, 1.165) is 5.56 Å². The van der Waals surface area contributed by atoms with Crippen molar-refractivity contribution in [3.63, 3.8) is 0 Å². The van der Waals surface area contributed by atoms with Gasteiger partial charge in [0.25, 0.3) is 0 Å². The van der Waals surface area contributed by atoms with Gasteiger partial charge < -0.3 is 24.8 Å². The second kappa shape index (κ2) is 12.7. The normalized spacial score (nSPS) is 13.8. The molecule has 1 aromatic carbocycles. The molecule has 9 heteroatoms. The Bertz CT molecular complexity index is 774. The summed E-state index contributed by atoms with van der Waals surface area (Å²) >= 11 is 0. The van der Waals surface area contributed by atoms with Gasteiger partial charge in [0, 0.05) is 6.04 Å². The number of hydrogen-bond donors (Lipinski definition) is 2. The summed E-state index contributed by atoms with van der Waals surface area (Å²) < 4.78 is 15.5. The van der Waals surface area contributed by atoms with Gasteiger partial charge in [-0.15, -0.1) is 0 Å². The summed E-state index contributed by atoms with van der Waals surface area (Å²) in [5.41, 5.74) is 0.188. The maximum Gasteiger partial charge on any atom is 0.408 e. The second-order valence-electron chi connectivity index (χ2n) is 8.63. The van der Waals surface area contributed by atoms with Gasteiger partial charge in [-0.25, -0.2) is 4.79 Å². The lowest BCUT2D eigenvalue weighted by Gasteiger charge is -2.22. The Labute approximate surface area is 189 Å². The third-order valence-corrected chi connectivity index (χ3v) is 4.02. The fourth-order valence-corrected chi connectivity index (χ4v) is 2.56. The molecule has 0 saturated heterocycles. The van der Waals surface area contributed by atoms with Gasteiger partial charge >= 0.3 is 18.0 Å². The van der Waals surface area contributed by atoms with Crippen LogP contribution >= 0.6 is 0 Å². The highest BCUT2D eigenvalue weighted by Gasteiger charge is 2.23. The van der Waals surface area contributed by atoms with Crippen LogP contribution in [0.25, 0.3) is 0 Å². The number of carbonyl (C=O) groups excluding carboxylic acids is 4. The van der Waals surface area contributed by atoms with Crippen molar-refractivity contribution < 1.29 is 33.4 Å². The van der Waals surface area contributed by atoms with Crippen molar-refractivity contribution in [2.24, 2.45) is 0 Å². The fourth-order valence-electron chi connectivity index (χ4n) is 2.56. The zero-order valence-electron chi connectivity index (χ0n) is 19.6. The van der Waals surface area contributed by atoms with Gasteiger partial charge in [-0.05, 0) is 47.1 Å². The summed E-state index contributed by atoms with van der Waals surface area (Å²) in [7, 11) is 0. The maximum atomic E-state index is 12.2. The molecular weight excluding hydrogens is 416 g/mol. The van der Waals surface area contributed by atoms with E-state index in [0.29, 0.717) is 0 Å². The van der Waals surface area contributed by atoms with Crippen LogP contribution in [0.15, 0.2) is 30.3 Å². The smallest absolute Gasteiger partial charge is 0.408 e. The molecule has 3 atom stereocenters. The number of esters is 2. The molecule has 2 amide bonds. The SMILES string of the molecule is C[C@H](CC(=O)OCc1ccccc1)OC(=O)C[C@H](C)NC(=O)[C@H](C)NC(=O)OC(C)(C)C. The number of ether oxygens (including phenoxy) is 3. The lowest BCUT2D eigenvalue weighted by atomic mass is 10.2. The van der Waals surface area contributed by atoms with Crippen LogP contribution in [0.4, 0.5) is 4.79 Å². The Morgan fingerprint density at radius 1 is 0.906 bits per heavy atom. The Balaban J connectivity index is 2.32. The fraction of sp³-hybridized carbons (Fsp3) is 0.565. The van der Waals surface area contributed by atoms with Crippen molar-refractivity contribution >= 4 is 23.9 Å². The number of nitrogens with one attached hydrogen (secondary N) is 2. The number of amides is 2. The van der Waals surface area contributed by atoms with Crippen molar-refractivity contribution in [2.75, 3.05) is 0 Å². The largest absolute Gasteiger partial charge is 0.462 e. The van der Waals surface area contributed by atoms with Crippen LogP contribution in [0.1, 0.15) is 59.9 Å². The summed E-state index contributed by atoms with van der Waals surface area (Å²) in [6.07, 6.45) is -1.54. The maximum absolute atomic E-state index is 12.2. The molecule has 0 heterocycles. The highest BCUT2D eigenvalue weighted by Crippen LogP contribution is 2.08. The molecule has 1 aromatic rings. The summed E-state index contributed by atoms with van der Waals surface area (Å²) in [6.45, 7) is 10.0. The van der Waals surface area contributed by atoms with Crippen LogP contribution in [-0.2, 0) is 35.2 Å². The molecule has 0 aliphatic heterocycles. The van der Waals surface area contributed by atoms with Crippen LogP contribution in [-0.4, -0.2) is 47.7 Å². The van der Waals surface area contributed by atoms with E-state index in [2.05, 4.69) is 10.6 Å². The number of carbonyl (C=O) groups is 4. The van der Waals surface area contributed by atoms with Crippen molar-refractivity contribution in [3.05, 3.63) is 35.9 Å². The molecule has 0 aliphatic carbocycles. The Morgan fingerprint density at radius 2 is 1.53 bits per heavy atom. The van der Waals surface area contributed by atoms with Crippen molar-refractivity contribution in [2.45, 2.75) is 84.8 Å². The van der Waals surface area contributed by atoms with Crippen molar-refractivity contribution in [1.82, 2.24) is 10.6 Å². The number of alkyl carbamates (subject to hydrolysis) is 1. The molecule has 0 bridgehead atoms. The molecule has 0 radical (unpaired) electrons. The summed E-state index contributed by atoms with van der Waals surface area (Å²) in [4.78, 5) is 48.0. The average molecular weight is 451 g/mol. The predicted octanol–water partition coefficient (Wildman–Crippen LogP) is 2.86. The zero-order chi connectivity index (χ0) is 24.3. The van der Waals surface area contributed by atoms with Gasteiger partial charge in [0.1, 0.15) is 24.4 Å². The lowest BCUT2D eigenvalue weighted by molar-refractivity contribution is -0.155.